The zero-order valence-electron chi connectivity index (χ0n) is 17.6. The number of carbonyl (C=O) groups excluding carboxylic acids is 1. The molecular weight excluding hydrogens is 418 g/mol. The maximum absolute atomic E-state index is 13.3. The summed E-state index contributed by atoms with van der Waals surface area (Å²) in [5.41, 5.74) is 3.60. The molecule has 160 valence electrons. The Morgan fingerprint density at radius 3 is 2.56 bits per heavy atom. The Morgan fingerprint density at radius 1 is 0.938 bits per heavy atom. The van der Waals surface area contributed by atoms with Crippen LogP contribution in [-0.4, -0.2) is 27.8 Å². The number of rotatable bonds is 5. The summed E-state index contributed by atoms with van der Waals surface area (Å²) in [4.78, 5) is 32.9. The Balaban J connectivity index is 1.40. The third-order valence-electron chi connectivity index (χ3n) is 5.72. The molecular formula is C26H23N3O2S. The van der Waals surface area contributed by atoms with E-state index in [1.807, 2.05) is 71.6 Å². The minimum absolute atomic E-state index is 0.0967. The highest BCUT2D eigenvalue weighted by atomic mass is 32.2. The zero-order chi connectivity index (χ0) is 21.9. The molecule has 6 heteroatoms. The number of anilines is 1. The number of benzene rings is 3. The van der Waals surface area contributed by atoms with E-state index in [4.69, 9.17) is 4.98 Å². The largest absolute Gasteiger partial charge is 0.312 e. The van der Waals surface area contributed by atoms with Gasteiger partial charge in [-0.05, 0) is 48.7 Å². The van der Waals surface area contributed by atoms with Gasteiger partial charge in [0.2, 0.25) is 5.91 Å². The van der Waals surface area contributed by atoms with Crippen molar-refractivity contribution < 1.29 is 4.79 Å². The van der Waals surface area contributed by atoms with Gasteiger partial charge in [0.15, 0.2) is 5.16 Å². The molecule has 2 heterocycles. The fourth-order valence-electron chi connectivity index (χ4n) is 4.17. The van der Waals surface area contributed by atoms with Crippen LogP contribution < -0.4 is 10.5 Å². The van der Waals surface area contributed by atoms with Gasteiger partial charge >= 0.3 is 0 Å². The van der Waals surface area contributed by atoms with E-state index in [0.29, 0.717) is 28.2 Å². The van der Waals surface area contributed by atoms with Crippen LogP contribution in [0.2, 0.25) is 0 Å². The second-order valence-electron chi connectivity index (χ2n) is 7.76. The molecule has 1 aliphatic heterocycles. The molecule has 32 heavy (non-hydrogen) atoms. The normalized spacial score (nSPS) is 13.2. The number of aromatic nitrogens is 2. The standard InChI is InChI=1S/C26H23N3O2S/c30-24(28-17-8-10-19-9-4-7-15-23(19)28)16-18-32-26-27-22-14-6-5-13-21(22)25(31)29(26)20-11-2-1-3-12-20/h1-7,9,11-15H,8,10,16-18H2. The number of amides is 1. The summed E-state index contributed by atoms with van der Waals surface area (Å²) in [6, 6.07) is 25.1. The number of hydrogen-bond donors (Lipinski definition) is 0. The van der Waals surface area contributed by atoms with E-state index in [1.54, 1.807) is 10.6 Å². The highest BCUT2D eigenvalue weighted by molar-refractivity contribution is 7.99. The second-order valence-corrected chi connectivity index (χ2v) is 8.83. The number of thioether (sulfide) groups is 1. The van der Waals surface area contributed by atoms with Crippen LogP contribution in [-0.2, 0) is 11.2 Å². The van der Waals surface area contributed by atoms with Gasteiger partial charge in [-0.15, -0.1) is 0 Å². The number of hydrogen-bond acceptors (Lipinski definition) is 4. The SMILES string of the molecule is O=C(CCSc1nc2ccccc2c(=O)n1-c1ccccc1)N1CCCc2ccccc21. The van der Waals surface area contributed by atoms with Crippen LogP contribution in [0.5, 0.6) is 0 Å². The first-order valence-corrected chi connectivity index (χ1v) is 11.8. The minimum atomic E-state index is -0.0967. The molecule has 0 radical (unpaired) electrons. The first kappa shape index (κ1) is 20.5. The molecule has 0 spiro atoms. The number of carbonyl (C=O) groups is 1. The average molecular weight is 442 g/mol. The Hall–Kier alpha value is -3.38. The first-order valence-electron chi connectivity index (χ1n) is 10.8. The van der Waals surface area contributed by atoms with Crippen LogP contribution in [0.1, 0.15) is 18.4 Å². The fourth-order valence-corrected chi connectivity index (χ4v) is 5.11. The van der Waals surface area contributed by atoms with Gasteiger partial charge in [-0.3, -0.25) is 14.2 Å². The van der Waals surface area contributed by atoms with Crippen molar-refractivity contribution in [3.63, 3.8) is 0 Å². The molecule has 4 aromatic rings. The maximum Gasteiger partial charge on any atom is 0.266 e. The molecule has 0 fully saturated rings. The van der Waals surface area contributed by atoms with E-state index in [1.165, 1.54) is 17.3 Å². The molecule has 0 aliphatic carbocycles. The summed E-state index contributed by atoms with van der Waals surface area (Å²) >= 11 is 1.45. The molecule has 1 amide bonds. The van der Waals surface area contributed by atoms with E-state index >= 15 is 0 Å². The van der Waals surface area contributed by atoms with Gasteiger partial charge in [0.1, 0.15) is 0 Å². The number of nitrogens with zero attached hydrogens (tertiary/aromatic N) is 3. The molecule has 0 saturated carbocycles. The molecule has 3 aromatic carbocycles. The summed E-state index contributed by atoms with van der Waals surface area (Å²) < 4.78 is 1.65. The van der Waals surface area contributed by atoms with Crippen molar-refractivity contribution in [2.45, 2.75) is 24.4 Å². The minimum Gasteiger partial charge on any atom is -0.312 e. The van der Waals surface area contributed by atoms with Gasteiger partial charge in [-0.2, -0.15) is 0 Å². The molecule has 0 N–H and O–H groups in total. The predicted octanol–water partition coefficient (Wildman–Crippen LogP) is 4.85. The molecule has 5 rings (SSSR count). The predicted molar refractivity (Wildman–Crippen MR) is 130 cm³/mol. The summed E-state index contributed by atoms with van der Waals surface area (Å²) in [6.07, 6.45) is 2.38. The molecule has 1 aromatic heterocycles. The van der Waals surface area contributed by atoms with E-state index in [0.717, 1.165) is 30.8 Å². The zero-order valence-corrected chi connectivity index (χ0v) is 18.4. The van der Waals surface area contributed by atoms with Crippen LogP contribution in [0.3, 0.4) is 0 Å². The molecule has 1 aliphatic rings. The third kappa shape index (κ3) is 3.94. The highest BCUT2D eigenvalue weighted by Crippen LogP contribution is 2.28. The first-order chi connectivity index (χ1) is 15.7. The Labute approximate surface area is 190 Å². The lowest BCUT2D eigenvalue weighted by Crippen LogP contribution is -2.35. The molecule has 0 atom stereocenters. The summed E-state index contributed by atoms with van der Waals surface area (Å²) in [6.45, 7) is 0.753. The maximum atomic E-state index is 13.3. The topological polar surface area (TPSA) is 55.2 Å². The van der Waals surface area contributed by atoms with Gasteiger partial charge in [0.25, 0.3) is 5.56 Å². The second kappa shape index (κ2) is 9.01. The Morgan fingerprint density at radius 2 is 1.69 bits per heavy atom. The van der Waals surface area contributed by atoms with Crippen LogP contribution >= 0.6 is 11.8 Å². The van der Waals surface area contributed by atoms with Crippen molar-refractivity contribution >= 4 is 34.3 Å². The number of fused-ring (bicyclic) bond motifs is 2. The van der Waals surface area contributed by atoms with Gasteiger partial charge < -0.3 is 4.90 Å². The lowest BCUT2D eigenvalue weighted by Gasteiger charge is -2.29. The van der Waals surface area contributed by atoms with Crippen molar-refractivity contribution in [1.82, 2.24) is 9.55 Å². The highest BCUT2D eigenvalue weighted by Gasteiger charge is 2.22. The quantitative estimate of drug-likeness (QED) is 0.328. The van der Waals surface area contributed by atoms with Crippen molar-refractivity contribution in [2.75, 3.05) is 17.2 Å². The van der Waals surface area contributed by atoms with Crippen LogP contribution in [0.15, 0.2) is 88.8 Å². The van der Waals surface area contributed by atoms with Crippen molar-refractivity contribution in [2.24, 2.45) is 0 Å². The average Bonchev–Trinajstić information content (AvgIpc) is 2.84. The van der Waals surface area contributed by atoms with Crippen LogP contribution in [0.4, 0.5) is 5.69 Å². The van der Waals surface area contributed by atoms with Crippen LogP contribution in [0, 0.1) is 0 Å². The van der Waals surface area contributed by atoms with Crippen LogP contribution in [0.25, 0.3) is 16.6 Å². The fraction of sp³-hybridized carbons (Fsp3) is 0.192. The number of para-hydroxylation sites is 3. The molecule has 0 saturated heterocycles. The smallest absolute Gasteiger partial charge is 0.266 e. The Kier molecular flexibility index (Phi) is 5.77. The van der Waals surface area contributed by atoms with Gasteiger partial charge in [-0.1, -0.05) is 60.3 Å². The van der Waals surface area contributed by atoms with Crippen molar-refractivity contribution in [3.05, 3.63) is 94.8 Å². The van der Waals surface area contributed by atoms with Gasteiger partial charge in [0, 0.05) is 24.4 Å². The van der Waals surface area contributed by atoms with Gasteiger partial charge in [0.05, 0.1) is 16.6 Å². The van der Waals surface area contributed by atoms with Gasteiger partial charge in [-0.25, -0.2) is 4.98 Å². The molecule has 0 unspecified atom stereocenters. The number of aryl methyl sites for hydroxylation is 1. The van der Waals surface area contributed by atoms with Crippen molar-refractivity contribution in [3.8, 4) is 5.69 Å². The lowest BCUT2D eigenvalue weighted by atomic mass is 10.0. The monoisotopic (exact) mass is 441 g/mol. The molecule has 5 nitrogen and oxygen atoms in total. The summed E-state index contributed by atoms with van der Waals surface area (Å²) in [5, 5.41) is 1.19. The Bertz CT molecular complexity index is 1330. The molecule has 0 bridgehead atoms. The summed E-state index contributed by atoms with van der Waals surface area (Å²) in [5.74, 6) is 0.661. The van der Waals surface area contributed by atoms with E-state index in [-0.39, 0.29) is 11.5 Å². The third-order valence-corrected chi connectivity index (χ3v) is 6.66. The van der Waals surface area contributed by atoms with E-state index in [2.05, 4.69) is 6.07 Å². The van der Waals surface area contributed by atoms with Crippen molar-refractivity contribution in [1.29, 1.82) is 0 Å². The van der Waals surface area contributed by atoms with E-state index < -0.39 is 0 Å². The lowest BCUT2D eigenvalue weighted by molar-refractivity contribution is -0.118. The summed E-state index contributed by atoms with van der Waals surface area (Å²) in [7, 11) is 0. The van der Waals surface area contributed by atoms with E-state index in [9.17, 15) is 9.59 Å².